The van der Waals surface area contributed by atoms with Crippen molar-refractivity contribution in [3.63, 3.8) is 0 Å². The molecule has 0 saturated heterocycles. The number of nitrogens with zero attached hydrogens (tertiary/aromatic N) is 2. The van der Waals surface area contributed by atoms with Crippen LogP contribution in [-0.2, 0) is 12.2 Å². The zero-order valence-corrected chi connectivity index (χ0v) is 16.1. The minimum Gasteiger partial charge on any atom is -0.375 e. The number of ketones is 1. The van der Waals surface area contributed by atoms with Crippen molar-refractivity contribution in [3.05, 3.63) is 45.9 Å². The summed E-state index contributed by atoms with van der Waals surface area (Å²) in [6.45, 7) is 2.14. The maximum absolute atomic E-state index is 12.8. The van der Waals surface area contributed by atoms with Crippen molar-refractivity contribution in [1.82, 2.24) is 9.97 Å². The van der Waals surface area contributed by atoms with Gasteiger partial charge in [-0.3, -0.25) is 4.79 Å². The Bertz CT molecular complexity index is 918. The molecule has 25 heavy (non-hydrogen) atoms. The molecule has 0 bridgehead atoms. The molecule has 1 aromatic carbocycles. The van der Waals surface area contributed by atoms with E-state index in [1.165, 1.54) is 11.3 Å². The largest absolute Gasteiger partial charge is 0.375 e. The van der Waals surface area contributed by atoms with Gasteiger partial charge in [0, 0.05) is 45.2 Å². The molecule has 1 atom stereocenters. The third kappa shape index (κ3) is 3.36. The monoisotopic (exact) mass is 387 g/mol. The van der Waals surface area contributed by atoms with Gasteiger partial charge in [0.25, 0.3) is 0 Å². The van der Waals surface area contributed by atoms with Gasteiger partial charge in [-0.05, 0) is 24.0 Å². The summed E-state index contributed by atoms with van der Waals surface area (Å²) in [6.07, 6.45) is 3.36. The lowest BCUT2D eigenvalue weighted by Gasteiger charge is -2.24. The Kier molecular flexibility index (Phi) is 4.62. The lowest BCUT2D eigenvalue weighted by Crippen LogP contribution is -2.19. The van der Waals surface area contributed by atoms with E-state index in [1.54, 1.807) is 23.1 Å². The Balaban J connectivity index is 1.73. The van der Waals surface area contributed by atoms with Crippen LogP contribution in [0.25, 0.3) is 10.6 Å². The minimum absolute atomic E-state index is 0.243. The fourth-order valence-corrected chi connectivity index (χ4v) is 5.56. The highest BCUT2D eigenvalue weighted by molar-refractivity contribution is 7.98. The topological polar surface area (TPSA) is 68.9 Å². The molecule has 4 rings (SSSR count). The fraction of sp³-hybridized carbons (Fsp3) is 0.278. The standard InChI is InChI=1S/C18H17N3OS3/c1-10-6-13-12(17-20-4-5-23-17)2-3-15(16(13)14(22)7-10)24-8-11-9-25-18(19)21-11/h2-5,9-10H,6-8H2,1H3,(H2,19,21). The Labute approximate surface area is 158 Å². The maximum atomic E-state index is 12.8. The van der Waals surface area contributed by atoms with Crippen LogP contribution in [-0.4, -0.2) is 15.8 Å². The van der Waals surface area contributed by atoms with Gasteiger partial charge in [-0.15, -0.1) is 34.4 Å². The van der Waals surface area contributed by atoms with E-state index in [0.29, 0.717) is 17.5 Å². The van der Waals surface area contributed by atoms with Crippen LogP contribution in [0, 0.1) is 5.92 Å². The van der Waals surface area contributed by atoms with Gasteiger partial charge >= 0.3 is 0 Å². The van der Waals surface area contributed by atoms with Crippen LogP contribution in [0.5, 0.6) is 0 Å². The number of hydrogen-bond donors (Lipinski definition) is 1. The first-order valence-corrected chi connectivity index (χ1v) is 10.8. The molecule has 2 N–H and O–H groups in total. The first-order valence-electron chi connectivity index (χ1n) is 8.03. The van der Waals surface area contributed by atoms with E-state index in [-0.39, 0.29) is 5.78 Å². The number of rotatable bonds is 4. The molecule has 2 heterocycles. The van der Waals surface area contributed by atoms with Crippen LogP contribution in [0.15, 0.2) is 34.0 Å². The average Bonchev–Trinajstić information content (AvgIpc) is 3.24. The number of thiazole rings is 2. The number of fused-ring (bicyclic) bond motifs is 1. The lowest BCUT2D eigenvalue weighted by molar-refractivity contribution is 0.0950. The molecule has 1 aliphatic rings. The number of hydrogen-bond acceptors (Lipinski definition) is 7. The maximum Gasteiger partial charge on any atom is 0.180 e. The molecule has 1 aliphatic carbocycles. The highest BCUT2D eigenvalue weighted by Crippen LogP contribution is 2.40. The number of nitrogen functional groups attached to an aromatic ring is 1. The Hall–Kier alpha value is -1.70. The van der Waals surface area contributed by atoms with E-state index in [4.69, 9.17) is 5.73 Å². The summed E-state index contributed by atoms with van der Waals surface area (Å²) in [6, 6.07) is 4.17. The highest BCUT2D eigenvalue weighted by Gasteiger charge is 2.28. The minimum atomic E-state index is 0.243. The van der Waals surface area contributed by atoms with Crippen LogP contribution in [0.1, 0.15) is 35.0 Å². The van der Waals surface area contributed by atoms with Crippen molar-refractivity contribution in [1.29, 1.82) is 0 Å². The number of carbonyl (C=O) groups is 1. The molecule has 4 nitrogen and oxygen atoms in total. The summed E-state index contributed by atoms with van der Waals surface area (Å²) in [4.78, 5) is 22.6. The van der Waals surface area contributed by atoms with E-state index in [2.05, 4.69) is 29.0 Å². The lowest BCUT2D eigenvalue weighted by atomic mass is 9.82. The number of anilines is 1. The van der Waals surface area contributed by atoms with Gasteiger partial charge in [-0.2, -0.15) is 0 Å². The predicted octanol–water partition coefficient (Wildman–Crippen LogP) is 4.91. The normalized spacial score (nSPS) is 16.8. The van der Waals surface area contributed by atoms with Gasteiger partial charge in [0.2, 0.25) is 0 Å². The zero-order valence-electron chi connectivity index (χ0n) is 13.7. The summed E-state index contributed by atoms with van der Waals surface area (Å²) < 4.78 is 0. The number of thioether (sulfide) groups is 1. The second-order valence-corrected chi connectivity index (χ2v) is 9.01. The zero-order chi connectivity index (χ0) is 17.4. The number of benzene rings is 1. The van der Waals surface area contributed by atoms with E-state index in [9.17, 15) is 4.79 Å². The molecule has 2 aromatic heterocycles. The van der Waals surface area contributed by atoms with Gasteiger partial charge in [0.1, 0.15) is 5.01 Å². The van der Waals surface area contributed by atoms with Crippen LogP contribution in [0.4, 0.5) is 5.13 Å². The van der Waals surface area contributed by atoms with E-state index in [0.717, 1.165) is 44.5 Å². The predicted molar refractivity (Wildman–Crippen MR) is 105 cm³/mol. The smallest absolute Gasteiger partial charge is 0.180 e. The van der Waals surface area contributed by atoms with Gasteiger partial charge < -0.3 is 5.73 Å². The number of Topliss-reactive ketones (excluding diaryl/α,β-unsaturated/α-hetero) is 1. The van der Waals surface area contributed by atoms with Crippen LogP contribution in [0.3, 0.4) is 0 Å². The van der Waals surface area contributed by atoms with Crippen LogP contribution < -0.4 is 5.73 Å². The van der Waals surface area contributed by atoms with E-state index < -0.39 is 0 Å². The fourth-order valence-electron chi connectivity index (χ4n) is 3.20. The summed E-state index contributed by atoms with van der Waals surface area (Å²) in [7, 11) is 0. The van der Waals surface area contributed by atoms with Crippen molar-refractivity contribution < 1.29 is 4.79 Å². The molecule has 128 valence electrons. The Morgan fingerprint density at radius 1 is 1.32 bits per heavy atom. The number of aromatic nitrogens is 2. The van der Waals surface area contributed by atoms with Crippen LogP contribution in [0.2, 0.25) is 0 Å². The van der Waals surface area contributed by atoms with E-state index >= 15 is 0 Å². The van der Waals surface area contributed by atoms with Gasteiger partial charge in [-0.1, -0.05) is 13.0 Å². The molecule has 1 unspecified atom stereocenters. The molecular weight excluding hydrogens is 370 g/mol. The van der Waals surface area contributed by atoms with Crippen molar-refractivity contribution in [3.8, 4) is 10.6 Å². The summed E-state index contributed by atoms with van der Waals surface area (Å²) >= 11 is 4.73. The molecular formula is C18H17N3OS3. The van der Waals surface area contributed by atoms with Gasteiger partial charge in [-0.25, -0.2) is 9.97 Å². The molecule has 0 radical (unpaired) electrons. The second kappa shape index (κ2) is 6.90. The molecule has 0 fully saturated rings. The second-order valence-electron chi connectivity index (χ2n) is 6.20. The summed E-state index contributed by atoms with van der Waals surface area (Å²) in [5, 5.41) is 5.52. The molecule has 0 spiro atoms. The SMILES string of the molecule is CC1CC(=O)c2c(SCc3csc(N)n3)ccc(-c3nccs3)c2C1. The molecule has 0 aliphatic heterocycles. The Morgan fingerprint density at radius 3 is 2.92 bits per heavy atom. The molecule has 7 heteroatoms. The van der Waals surface area contributed by atoms with E-state index in [1.807, 2.05) is 17.0 Å². The Morgan fingerprint density at radius 2 is 2.20 bits per heavy atom. The van der Waals surface area contributed by atoms with Gasteiger partial charge in [0.05, 0.1) is 5.69 Å². The quantitative estimate of drug-likeness (QED) is 0.645. The van der Waals surface area contributed by atoms with Crippen molar-refractivity contribution in [2.75, 3.05) is 5.73 Å². The van der Waals surface area contributed by atoms with Crippen molar-refractivity contribution in [2.45, 2.75) is 30.4 Å². The highest BCUT2D eigenvalue weighted by atomic mass is 32.2. The first kappa shape index (κ1) is 16.8. The van der Waals surface area contributed by atoms with Crippen LogP contribution >= 0.6 is 34.4 Å². The third-order valence-electron chi connectivity index (χ3n) is 4.25. The molecule has 0 saturated carbocycles. The summed E-state index contributed by atoms with van der Waals surface area (Å²) in [5.74, 6) is 1.34. The number of nitrogens with two attached hydrogens (primary N) is 1. The van der Waals surface area contributed by atoms with Crippen molar-refractivity contribution >= 4 is 45.4 Å². The molecule has 3 aromatic rings. The summed E-state index contributed by atoms with van der Waals surface area (Å²) in [5.41, 5.74) is 9.81. The average molecular weight is 388 g/mol. The number of carbonyl (C=O) groups excluding carboxylic acids is 1. The molecule has 0 amide bonds. The third-order valence-corrected chi connectivity index (χ3v) is 6.87. The van der Waals surface area contributed by atoms with Gasteiger partial charge in [0.15, 0.2) is 10.9 Å². The first-order chi connectivity index (χ1) is 12.1. The van der Waals surface area contributed by atoms with Crippen molar-refractivity contribution in [2.24, 2.45) is 5.92 Å².